The monoisotopic (exact) mass is 373 g/mol. The van der Waals surface area contributed by atoms with Crippen LogP contribution in [0.25, 0.3) is 5.69 Å². The highest BCUT2D eigenvalue weighted by molar-refractivity contribution is 6.30. The standard InChI is InChI=1S/C15H15ClF3N5O/c16-9-1-2-11(10(5-9)15(17,18)19)24-13(20-21-22-24)7-23-6-12(25)14(8-23)3-4-14/h1-2,5,12,25H,3-4,6-8H2. The van der Waals surface area contributed by atoms with Gasteiger partial charge in [-0.1, -0.05) is 11.6 Å². The van der Waals surface area contributed by atoms with Gasteiger partial charge >= 0.3 is 6.18 Å². The molecule has 1 spiro atoms. The van der Waals surface area contributed by atoms with Crippen LogP contribution in [-0.4, -0.2) is 49.4 Å². The fourth-order valence-corrected chi connectivity index (χ4v) is 3.61. The van der Waals surface area contributed by atoms with Crippen LogP contribution in [0.4, 0.5) is 13.2 Å². The van der Waals surface area contributed by atoms with Gasteiger partial charge in [-0.15, -0.1) is 5.10 Å². The Morgan fingerprint density at radius 1 is 1.32 bits per heavy atom. The first kappa shape index (κ1) is 16.7. The Morgan fingerprint density at radius 2 is 2.08 bits per heavy atom. The molecule has 2 fully saturated rings. The van der Waals surface area contributed by atoms with Gasteiger partial charge in [0, 0.05) is 23.5 Å². The van der Waals surface area contributed by atoms with Crippen molar-refractivity contribution in [3.63, 3.8) is 0 Å². The smallest absolute Gasteiger partial charge is 0.391 e. The Hall–Kier alpha value is -1.71. The zero-order valence-corrected chi connectivity index (χ0v) is 13.8. The number of aromatic nitrogens is 4. The van der Waals surface area contributed by atoms with Gasteiger partial charge in [-0.05, 0) is 41.5 Å². The van der Waals surface area contributed by atoms with E-state index < -0.39 is 17.8 Å². The van der Waals surface area contributed by atoms with Crippen LogP contribution in [0.2, 0.25) is 5.02 Å². The maximum absolute atomic E-state index is 13.3. The second-order valence-electron chi connectivity index (χ2n) is 6.71. The summed E-state index contributed by atoms with van der Waals surface area (Å²) in [5.74, 6) is 0.290. The minimum atomic E-state index is -4.58. The van der Waals surface area contributed by atoms with Crippen LogP contribution in [-0.2, 0) is 12.7 Å². The molecule has 25 heavy (non-hydrogen) atoms. The molecule has 1 atom stereocenters. The molecular weight excluding hydrogens is 359 g/mol. The third-order valence-electron chi connectivity index (χ3n) is 4.96. The summed E-state index contributed by atoms with van der Waals surface area (Å²) in [6, 6.07) is 3.49. The Labute approximate surface area is 146 Å². The summed E-state index contributed by atoms with van der Waals surface area (Å²) in [4.78, 5) is 1.98. The molecule has 1 aliphatic carbocycles. The summed E-state index contributed by atoms with van der Waals surface area (Å²) < 4.78 is 41.1. The first-order chi connectivity index (χ1) is 11.8. The molecule has 0 bridgehead atoms. The van der Waals surface area contributed by atoms with E-state index in [0.717, 1.165) is 23.6 Å². The number of hydrogen-bond acceptors (Lipinski definition) is 5. The molecule has 1 unspecified atom stereocenters. The van der Waals surface area contributed by atoms with Gasteiger partial charge < -0.3 is 5.11 Å². The number of aliphatic hydroxyl groups excluding tert-OH is 1. The summed E-state index contributed by atoms with van der Waals surface area (Å²) in [6.07, 6.45) is -3.03. The third-order valence-corrected chi connectivity index (χ3v) is 5.20. The van der Waals surface area contributed by atoms with Gasteiger partial charge in [0.05, 0.1) is 23.9 Å². The van der Waals surface area contributed by atoms with Crippen LogP contribution in [0.5, 0.6) is 0 Å². The molecule has 1 saturated heterocycles. The average molecular weight is 374 g/mol. The van der Waals surface area contributed by atoms with E-state index in [4.69, 9.17) is 11.6 Å². The molecular formula is C15H15ClF3N5O. The molecule has 2 aromatic rings. The van der Waals surface area contributed by atoms with Gasteiger partial charge in [0.15, 0.2) is 5.82 Å². The average Bonchev–Trinajstić information content (AvgIpc) is 3.05. The first-order valence-corrected chi connectivity index (χ1v) is 8.21. The Bertz CT molecular complexity index is 805. The summed E-state index contributed by atoms with van der Waals surface area (Å²) in [6.45, 7) is 1.44. The molecule has 2 aliphatic rings. The summed E-state index contributed by atoms with van der Waals surface area (Å²) in [5, 5.41) is 21.2. The van der Waals surface area contributed by atoms with Crippen LogP contribution in [0.1, 0.15) is 24.2 Å². The molecule has 10 heteroatoms. The largest absolute Gasteiger partial charge is 0.418 e. The predicted molar refractivity (Wildman–Crippen MR) is 82.1 cm³/mol. The van der Waals surface area contributed by atoms with E-state index in [1.54, 1.807) is 0 Å². The number of nitrogens with zero attached hydrogens (tertiary/aromatic N) is 5. The molecule has 2 heterocycles. The van der Waals surface area contributed by atoms with Crippen molar-refractivity contribution in [2.45, 2.75) is 31.7 Å². The van der Waals surface area contributed by atoms with Crippen LogP contribution >= 0.6 is 11.6 Å². The molecule has 0 radical (unpaired) electrons. The number of halogens is 4. The summed E-state index contributed by atoms with van der Waals surface area (Å²) >= 11 is 5.72. The van der Waals surface area contributed by atoms with Crippen LogP contribution in [0.3, 0.4) is 0 Å². The fourth-order valence-electron chi connectivity index (χ4n) is 3.44. The van der Waals surface area contributed by atoms with Crippen molar-refractivity contribution in [3.05, 3.63) is 34.6 Å². The van der Waals surface area contributed by atoms with Crippen LogP contribution in [0.15, 0.2) is 18.2 Å². The Morgan fingerprint density at radius 3 is 2.72 bits per heavy atom. The van der Waals surface area contributed by atoms with E-state index in [-0.39, 0.29) is 28.5 Å². The Kier molecular flexibility index (Phi) is 3.78. The van der Waals surface area contributed by atoms with Gasteiger partial charge in [0.1, 0.15) is 0 Å². The second kappa shape index (κ2) is 5.65. The highest BCUT2D eigenvalue weighted by Crippen LogP contribution is 2.52. The summed E-state index contributed by atoms with van der Waals surface area (Å²) in [5.41, 5.74) is -1.11. The van der Waals surface area contributed by atoms with Crippen molar-refractivity contribution in [3.8, 4) is 5.69 Å². The molecule has 1 aromatic carbocycles. The van der Waals surface area contributed by atoms with Crippen LogP contribution in [0, 0.1) is 5.41 Å². The van der Waals surface area contributed by atoms with Gasteiger partial charge in [0.25, 0.3) is 0 Å². The van der Waals surface area contributed by atoms with Crippen molar-refractivity contribution >= 4 is 11.6 Å². The molecule has 4 rings (SSSR count). The molecule has 1 aliphatic heterocycles. The lowest BCUT2D eigenvalue weighted by molar-refractivity contribution is -0.137. The zero-order chi connectivity index (χ0) is 17.8. The van der Waals surface area contributed by atoms with Crippen molar-refractivity contribution in [1.29, 1.82) is 0 Å². The molecule has 6 nitrogen and oxygen atoms in total. The number of tetrazole rings is 1. The SMILES string of the molecule is OC1CN(Cc2nnnn2-c2ccc(Cl)cc2C(F)(F)F)CC12CC2. The lowest BCUT2D eigenvalue weighted by atomic mass is 10.0. The molecule has 0 amide bonds. The van der Waals surface area contributed by atoms with Gasteiger partial charge in [-0.25, -0.2) is 0 Å². The van der Waals surface area contributed by atoms with E-state index in [2.05, 4.69) is 15.5 Å². The highest BCUT2D eigenvalue weighted by atomic mass is 35.5. The van der Waals surface area contributed by atoms with Gasteiger partial charge in [-0.2, -0.15) is 17.9 Å². The third kappa shape index (κ3) is 3.00. The number of likely N-dealkylation sites (tertiary alicyclic amines) is 1. The number of rotatable bonds is 3. The van der Waals surface area contributed by atoms with E-state index >= 15 is 0 Å². The van der Waals surface area contributed by atoms with Crippen molar-refractivity contribution in [2.75, 3.05) is 13.1 Å². The van der Waals surface area contributed by atoms with E-state index in [9.17, 15) is 18.3 Å². The maximum Gasteiger partial charge on any atom is 0.418 e. The second-order valence-corrected chi connectivity index (χ2v) is 7.15. The lowest BCUT2D eigenvalue weighted by Gasteiger charge is -2.17. The molecule has 134 valence electrons. The zero-order valence-electron chi connectivity index (χ0n) is 13.0. The normalized spacial score (nSPS) is 22.7. The van der Waals surface area contributed by atoms with E-state index in [1.807, 2.05) is 4.90 Å². The number of alkyl halides is 3. The Balaban J connectivity index is 1.64. The maximum atomic E-state index is 13.3. The minimum absolute atomic E-state index is 0.0101. The van der Waals surface area contributed by atoms with Crippen molar-refractivity contribution in [2.24, 2.45) is 5.41 Å². The number of hydrogen-bond donors (Lipinski definition) is 1. The van der Waals surface area contributed by atoms with Gasteiger partial charge in [-0.3, -0.25) is 4.90 Å². The number of aliphatic hydroxyl groups is 1. The van der Waals surface area contributed by atoms with Crippen LogP contribution < -0.4 is 0 Å². The van der Waals surface area contributed by atoms with E-state index in [0.29, 0.717) is 13.1 Å². The quantitative estimate of drug-likeness (QED) is 0.894. The molecule has 1 saturated carbocycles. The molecule has 1 N–H and O–H groups in total. The fraction of sp³-hybridized carbons (Fsp3) is 0.533. The first-order valence-electron chi connectivity index (χ1n) is 7.83. The van der Waals surface area contributed by atoms with Crippen molar-refractivity contribution < 1.29 is 18.3 Å². The number of β-amino-alcohol motifs (C(OH)–C–C–N with tert-alkyl or cyclic N) is 1. The predicted octanol–water partition coefficient (Wildman–Crippen LogP) is 2.29. The summed E-state index contributed by atoms with van der Waals surface area (Å²) in [7, 11) is 0. The molecule has 1 aromatic heterocycles. The highest BCUT2D eigenvalue weighted by Gasteiger charge is 2.54. The van der Waals surface area contributed by atoms with Crippen molar-refractivity contribution in [1.82, 2.24) is 25.1 Å². The van der Waals surface area contributed by atoms with E-state index in [1.165, 1.54) is 12.1 Å². The number of benzene rings is 1. The minimum Gasteiger partial charge on any atom is -0.391 e. The lowest BCUT2D eigenvalue weighted by Crippen LogP contribution is -2.24. The topological polar surface area (TPSA) is 67.1 Å². The van der Waals surface area contributed by atoms with Gasteiger partial charge in [0.2, 0.25) is 0 Å².